The molecule has 0 aliphatic heterocycles. The number of hydrogen-bond acceptors (Lipinski definition) is 8. The van der Waals surface area contributed by atoms with Crippen molar-refractivity contribution in [3.05, 3.63) is 35.6 Å². The van der Waals surface area contributed by atoms with Crippen LogP contribution < -0.4 is 0 Å². The topological polar surface area (TPSA) is 127 Å². The first-order chi connectivity index (χ1) is 19.6. The molecule has 0 aromatic heterocycles. The van der Waals surface area contributed by atoms with Crippen LogP contribution in [0.2, 0.25) is 0 Å². The Morgan fingerprint density at radius 1 is 1.09 bits per heavy atom. The van der Waals surface area contributed by atoms with Crippen molar-refractivity contribution in [3.8, 4) is 0 Å². The molecule has 0 unspecified atom stereocenters. The van der Waals surface area contributed by atoms with Gasteiger partial charge in [0.05, 0.1) is 18.1 Å². The standard InChI is InChI=1S/C35H50O8/c1-11-16-42-24-17-22-21(31(5,6)29(24)40)12-13-25-32(7)18-23(37)28(33(32,8)19-27(39)34(22,25)9)35(10,41)26(38)14-15-30(3,4)43-20(2)36/h12,14-15,17,22-23,25,28,37,41H,11,13,16,18-19H2,1-10H3/b15-14+/t22-,23-,25+,28+,32+,33-,34+,35+/m1/s1. The summed E-state index contributed by atoms with van der Waals surface area (Å²) >= 11 is 0. The number of carbonyl (C=O) groups is 4. The van der Waals surface area contributed by atoms with Gasteiger partial charge in [0.15, 0.2) is 11.5 Å². The van der Waals surface area contributed by atoms with Crippen molar-refractivity contribution in [3.63, 3.8) is 0 Å². The number of carbonyl (C=O) groups excluding carboxylic acids is 4. The van der Waals surface area contributed by atoms with Gasteiger partial charge < -0.3 is 19.7 Å². The van der Waals surface area contributed by atoms with Crippen LogP contribution in [-0.2, 0) is 28.7 Å². The minimum Gasteiger partial charge on any atom is -0.490 e. The van der Waals surface area contributed by atoms with Gasteiger partial charge in [-0.25, -0.2) is 0 Å². The Morgan fingerprint density at radius 2 is 1.72 bits per heavy atom. The highest BCUT2D eigenvalue weighted by Crippen LogP contribution is 2.73. The molecular formula is C35H50O8. The zero-order chi connectivity index (χ0) is 32.6. The van der Waals surface area contributed by atoms with Gasteiger partial charge in [0.25, 0.3) is 0 Å². The third kappa shape index (κ3) is 4.87. The molecule has 8 nitrogen and oxygen atoms in total. The average Bonchev–Trinajstić information content (AvgIpc) is 3.08. The van der Waals surface area contributed by atoms with E-state index in [9.17, 15) is 29.4 Å². The van der Waals surface area contributed by atoms with Crippen LogP contribution in [0, 0.1) is 39.4 Å². The van der Waals surface area contributed by atoms with E-state index in [0.717, 1.165) is 12.0 Å². The predicted molar refractivity (Wildman–Crippen MR) is 161 cm³/mol. The summed E-state index contributed by atoms with van der Waals surface area (Å²) in [6, 6.07) is 0. The number of esters is 1. The first kappa shape index (κ1) is 33.3. The van der Waals surface area contributed by atoms with Crippen LogP contribution in [0.3, 0.4) is 0 Å². The lowest BCUT2D eigenvalue weighted by Crippen LogP contribution is -2.64. The second kappa shape index (κ2) is 10.5. The van der Waals surface area contributed by atoms with Gasteiger partial charge >= 0.3 is 5.97 Å². The fourth-order valence-electron chi connectivity index (χ4n) is 9.28. The summed E-state index contributed by atoms with van der Waals surface area (Å²) < 4.78 is 11.2. The first-order valence-corrected chi connectivity index (χ1v) is 15.6. The quantitative estimate of drug-likeness (QED) is 0.226. The molecule has 0 radical (unpaired) electrons. The lowest BCUT2D eigenvalue weighted by atomic mass is 9.39. The second-order valence-electron chi connectivity index (χ2n) is 15.3. The van der Waals surface area contributed by atoms with Gasteiger partial charge in [-0.15, -0.1) is 0 Å². The fourth-order valence-corrected chi connectivity index (χ4v) is 9.28. The van der Waals surface area contributed by atoms with Gasteiger partial charge in [0, 0.05) is 30.6 Å². The zero-order valence-electron chi connectivity index (χ0n) is 27.5. The van der Waals surface area contributed by atoms with E-state index < -0.39 is 56.6 Å². The van der Waals surface area contributed by atoms with Crippen LogP contribution in [-0.4, -0.2) is 57.4 Å². The molecule has 0 aromatic rings. The maximum absolute atomic E-state index is 14.5. The molecule has 0 heterocycles. The molecule has 0 amide bonds. The van der Waals surface area contributed by atoms with Gasteiger partial charge in [0.1, 0.15) is 17.0 Å². The van der Waals surface area contributed by atoms with Crippen molar-refractivity contribution in [2.24, 2.45) is 39.4 Å². The highest BCUT2D eigenvalue weighted by Gasteiger charge is 2.74. The van der Waals surface area contributed by atoms with E-state index in [2.05, 4.69) is 13.0 Å². The average molecular weight is 599 g/mol. The number of ether oxygens (including phenoxy) is 2. The Morgan fingerprint density at radius 3 is 2.30 bits per heavy atom. The summed E-state index contributed by atoms with van der Waals surface area (Å²) in [5.41, 5.74) is -5.33. The fraction of sp³-hybridized carbons (Fsp3) is 0.714. The van der Waals surface area contributed by atoms with Crippen LogP contribution in [0.15, 0.2) is 35.6 Å². The molecule has 0 bridgehead atoms. The highest BCUT2D eigenvalue weighted by molar-refractivity contribution is 6.02. The number of ketones is 3. The van der Waals surface area contributed by atoms with Gasteiger partial charge in [0.2, 0.25) is 5.78 Å². The number of fused-ring (bicyclic) bond motifs is 5. The van der Waals surface area contributed by atoms with Crippen molar-refractivity contribution in [2.45, 2.75) is 112 Å². The SMILES string of the molecule is CCCOC1=C[C@@H]2C(=CC[C@@H]3[C@@]2(C)C(=O)C[C@]2(C)[C@@H]([C@@](C)(O)C(=O)/C=C/C(C)(C)OC(C)=O)[C@H](O)C[C@@]32C)C(C)(C)C1=O. The summed E-state index contributed by atoms with van der Waals surface area (Å²) in [4.78, 5) is 53.0. The number of Topliss-reactive ketones (excluding diaryl/α,β-unsaturated/α-hetero) is 2. The van der Waals surface area contributed by atoms with E-state index in [0.29, 0.717) is 25.2 Å². The summed E-state index contributed by atoms with van der Waals surface area (Å²) in [7, 11) is 0. The molecular weight excluding hydrogens is 548 g/mol. The third-order valence-electron chi connectivity index (χ3n) is 11.6. The Kier molecular flexibility index (Phi) is 8.14. The van der Waals surface area contributed by atoms with Crippen molar-refractivity contribution in [2.75, 3.05) is 6.61 Å². The molecule has 0 spiro atoms. The van der Waals surface area contributed by atoms with E-state index in [1.165, 1.54) is 26.0 Å². The molecule has 238 valence electrons. The van der Waals surface area contributed by atoms with Crippen LogP contribution >= 0.6 is 0 Å². The normalized spacial score (nSPS) is 38.3. The molecule has 0 aromatic carbocycles. The van der Waals surface area contributed by atoms with Crippen LogP contribution in [0.1, 0.15) is 94.9 Å². The molecule has 4 aliphatic carbocycles. The summed E-state index contributed by atoms with van der Waals surface area (Å²) in [5.74, 6) is -2.37. The monoisotopic (exact) mass is 598 g/mol. The Labute approximate surface area is 256 Å². The Balaban J connectivity index is 1.76. The molecule has 0 saturated heterocycles. The van der Waals surface area contributed by atoms with Crippen molar-refractivity contribution in [1.29, 1.82) is 0 Å². The molecule has 8 heteroatoms. The lowest BCUT2D eigenvalue weighted by Gasteiger charge is -2.63. The summed E-state index contributed by atoms with van der Waals surface area (Å²) in [6.45, 7) is 18.1. The molecule has 43 heavy (non-hydrogen) atoms. The molecule has 2 fully saturated rings. The third-order valence-corrected chi connectivity index (χ3v) is 11.6. The summed E-state index contributed by atoms with van der Waals surface area (Å²) in [6.07, 6.45) is 7.25. The van der Waals surface area contributed by atoms with Gasteiger partial charge in [-0.3, -0.25) is 19.2 Å². The van der Waals surface area contributed by atoms with E-state index in [1.807, 2.05) is 40.7 Å². The number of aliphatic hydroxyl groups is 2. The van der Waals surface area contributed by atoms with Crippen molar-refractivity contribution < 1.29 is 38.9 Å². The number of hydrogen-bond donors (Lipinski definition) is 2. The maximum Gasteiger partial charge on any atom is 0.303 e. The largest absolute Gasteiger partial charge is 0.490 e. The Bertz CT molecular complexity index is 1310. The van der Waals surface area contributed by atoms with Crippen molar-refractivity contribution >= 4 is 23.3 Å². The van der Waals surface area contributed by atoms with Gasteiger partial charge in [-0.2, -0.15) is 0 Å². The molecule has 4 aliphatic rings. The Hall–Kier alpha value is -2.58. The molecule has 8 atom stereocenters. The van der Waals surface area contributed by atoms with Crippen LogP contribution in [0.4, 0.5) is 0 Å². The van der Waals surface area contributed by atoms with E-state index in [4.69, 9.17) is 9.47 Å². The lowest BCUT2D eigenvalue weighted by molar-refractivity contribution is -0.179. The highest BCUT2D eigenvalue weighted by atomic mass is 16.6. The minimum absolute atomic E-state index is 0.00167. The smallest absolute Gasteiger partial charge is 0.303 e. The van der Waals surface area contributed by atoms with Crippen LogP contribution in [0.5, 0.6) is 0 Å². The van der Waals surface area contributed by atoms with Gasteiger partial charge in [-0.1, -0.05) is 39.3 Å². The van der Waals surface area contributed by atoms with E-state index >= 15 is 0 Å². The van der Waals surface area contributed by atoms with Gasteiger partial charge in [-0.05, 0) is 88.9 Å². The summed E-state index contributed by atoms with van der Waals surface area (Å²) in [5, 5.41) is 23.5. The van der Waals surface area contributed by atoms with Crippen LogP contribution in [0.25, 0.3) is 0 Å². The minimum atomic E-state index is -1.99. The molecule has 4 rings (SSSR count). The maximum atomic E-state index is 14.5. The van der Waals surface area contributed by atoms with E-state index in [1.54, 1.807) is 13.8 Å². The van der Waals surface area contributed by atoms with E-state index in [-0.39, 0.29) is 29.8 Å². The zero-order valence-corrected chi connectivity index (χ0v) is 27.5. The molecule has 2 saturated carbocycles. The first-order valence-electron chi connectivity index (χ1n) is 15.6. The molecule has 2 N–H and O–H groups in total. The number of aliphatic hydroxyl groups excluding tert-OH is 1. The number of rotatable bonds is 8. The number of allylic oxidation sites excluding steroid dienone is 4. The second-order valence-corrected chi connectivity index (χ2v) is 15.3. The predicted octanol–water partition coefficient (Wildman–Crippen LogP) is 5.06. The van der Waals surface area contributed by atoms with Crippen molar-refractivity contribution in [1.82, 2.24) is 0 Å².